The lowest BCUT2D eigenvalue weighted by molar-refractivity contribution is -0.120. The minimum absolute atomic E-state index is 0.0195. The summed E-state index contributed by atoms with van der Waals surface area (Å²) in [5, 5.41) is 2.55. The van der Waals surface area contributed by atoms with Crippen LogP contribution in [0.5, 0.6) is 0 Å². The topological polar surface area (TPSA) is 111 Å². The summed E-state index contributed by atoms with van der Waals surface area (Å²) in [5.41, 5.74) is 5.33. The quantitative estimate of drug-likeness (QED) is 0.491. The van der Waals surface area contributed by atoms with Gasteiger partial charge >= 0.3 is 0 Å². The first-order valence-corrected chi connectivity index (χ1v) is 7.50. The highest BCUT2D eigenvalue weighted by molar-refractivity contribution is 7.89. The van der Waals surface area contributed by atoms with Crippen LogP contribution < -0.4 is 15.8 Å². The molecule has 108 valence electrons. The van der Waals surface area contributed by atoms with Crippen LogP contribution >= 0.6 is 0 Å². The maximum atomic E-state index is 11.5. The van der Waals surface area contributed by atoms with Gasteiger partial charge in [-0.3, -0.25) is 4.79 Å². The van der Waals surface area contributed by atoms with E-state index in [-0.39, 0.29) is 31.1 Å². The molecule has 0 fully saturated rings. The van der Waals surface area contributed by atoms with Crippen molar-refractivity contribution in [3.8, 4) is 0 Å². The molecule has 0 spiro atoms. The molecule has 1 atom stereocenters. The number of hydrogen-bond donors (Lipinski definition) is 3. The third-order valence-electron chi connectivity index (χ3n) is 2.02. The van der Waals surface area contributed by atoms with Crippen molar-refractivity contribution in [1.82, 2.24) is 10.0 Å². The van der Waals surface area contributed by atoms with Gasteiger partial charge in [-0.2, -0.15) is 0 Å². The fraction of sp³-hybridized carbons (Fsp3) is 0.900. The van der Waals surface area contributed by atoms with Gasteiger partial charge in [0, 0.05) is 12.6 Å². The molecule has 4 N–H and O–H groups in total. The zero-order valence-electron chi connectivity index (χ0n) is 11.1. The summed E-state index contributed by atoms with van der Waals surface area (Å²) in [4.78, 5) is 11.3. The van der Waals surface area contributed by atoms with Crippen LogP contribution in [0.15, 0.2) is 0 Å². The minimum Gasteiger partial charge on any atom is -0.378 e. The Morgan fingerprint density at radius 2 is 1.94 bits per heavy atom. The Morgan fingerprint density at radius 3 is 2.44 bits per heavy atom. The molecule has 7 nitrogen and oxygen atoms in total. The van der Waals surface area contributed by atoms with Crippen molar-refractivity contribution in [2.75, 3.05) is 25.4 Å². The smallest absolute Gasteiger partial charge is 0.235 e. The Balaban J connectivity index is 3.92. The molecular weight excluding hydrogens is 258 g/mol. The Bertz CT molecular complexity index is 343. The number of sulfonamides is 1. The van der Waals surface area contributed by atoms with Gasteiger partial charge in [-0.15, -0.1) is 0 Å². The Hall–Kier alpha value is -0.700. The van der Waals surface area contributed by atoms with Crippen molar-refractivity contribution in [1.29, 1.82) is 0 Å². The number of rotatable bonds is 9. The second kappa shape index (κ2) is 8.41. The normalized spacial score (nSPS) is 13.6. The average molecular weight is 281 g/mol. The van der Waals surface area contributed by atoms with Crippen molar-refractivity contribution < 1.29 is 17.9 Å². The summed E-state index contributed by atoms with van der Waals surface area (Å²) in [7, 11) is -3.48. The zero-order chi connectivity index (χ0) is 14.2. The van der Waals surface area contributed by atoms with Gasteiger partial charge in [0.2, 0.25) is 15.9 Å². The molecule has 0 saturated carbocycles. The van der Waals surface area contributed by atoms with Crippen molar-refractivity contribution in [2.45, 2.75) is 32.9 Å². The molecule has 0 aliphatic rings. The second-order valence-corrected chi connectivity index (χ2v) is 6.19. The summed E-state index contributed by atoms with van der Waals surface area (Å²) < 4.78 is 30.3. The van der Waals surface area contributed by atoms with Crippen molar-refractivity contribution in [3.63, 3.8) is 0 Å². The highest BCUT2D eigenvalue weighted by Crippen LogP contribution is 1.90. The second-order valence-electron chi connectivity index (χ2n) is 4.26. The van der Waals surface area contributed by atoms with Gasteiger partial charge in [-0.25, -0.2) is 13.1 Å². The van der Waals surface area contributed by atoms with Crippen LogP contribution in [-0.4, -0.2) is 51.9 Å². The van der Waals surface area contributed by atoms with E-state index in [0.29, 0.717) is 6.54 Å². The summed E-state index contributed by atoms with van der Waals surface area (Å²) in [6.07, 6.45) is -0.0195. The summed E-state index contributed by atoms with van der Waals surface area (Å²) in [6, 6.07) is -0.175. The van der Waals surface area contributed by atoms with Crippen molar-refractivity contribution in [2.24, 2.45) is 5.73 Å². The van der Waals surface area contributed by atoms with E-state index in [1.807, 2.05) is 13.8 Å². The number of carbonyl (C=O) groups is 1. The van der Waals surface area contributed by atoms with Crippen LogP contribution in [0.25, 0.3) is 0 Å². The van der Waals surface area contributed by atoms with Crippen molar-refractivity contribution in [3.05, 3.63) is 0 Å². The highest BCUT2D eigenvalue weighted by atomic mass is 32.2. The third-order valence-corrected chi connectivity index (χ3v) is 3.31. The maximum absolute atomic E-state index is 11.5. The number of nitrogens with two attached hydrogens (primary N) is 1. The predicted molar refractivity (Wildman–Crippen MR) is 69.5 cm³/mol. The molecule has 0 saturated heterocycles. The lowest BCUT2D eigenvalue weighted by Crippen LogP contribution is -2.44. The number of nitrogens with one attached hydrogen (secondary N) is 2. The van der Waals surface area contributed by atoms with Crippen LogP contribution in [-0.2, 0) is 19.6 Å². The van der Waals surface area contributed by atoms with Gasteiger partial charge < -0.3 is 15.8 Å². The van der Waals surface area contributed by atoms with Gasteiger partial charge in [-0.1, -0.05) is 0 Å². The molecule has 0 aromatic heterocycles. The van der Waals surface area contributed by atoms with Crippen molar-refractivity contribution >= 4 is 15.9 Å². The number of hydrogen-bond acceptors (Lipinski definition) is 5. The van der Waals surface area contributed by atoms with Crippen LogP contribution in [0, 0.1) is 0 Å². The maximum Gasteiger partial charge on any atom is 0.235 e. The highest BCUT2D eigenvalue weighted by Gasteiger charge is 2.13. The number of carbonyl (C=O) groups excluding carboxylic acids is 1. The molecule has 0 bridgehead atoms. The molecule has 18 heavy (non-hydrogen) atoms. The average Bonchev–Trinajstić information content (AvgIpc) is 2.25. The molecule has 0 rings (SSSR count). The molecule has 0 unspecified atom stereocenters. The Labute approximate surface area is 108 Å². The van der Waals surface area contributed by atoms with Gasteiger partial charge in [0.25, 0.3) is 0 Å². The molecule has 8 heteroatoms. The fourth-order valence-corrected chi connectivity index (χ4v) is 1.84. The van der Waals surface area contributed by atoms with Gasteiger partial charge in [0.1, 0.15) is 0 Å². The molecule has 0 aromatic carbocycles. The fourth-order valence-electron chi connectivity index (χ4n) is 1.03. The van der Waals surface area contributed by atoms with E-state index in [9.17, 15) is 13.2 Å². The zero-order valence-corrected chi connectivity index (χ0v) is 11.9. The van der Waals surface area contributed by atoms with E-state index in [0.717, 1.165) is 0 Å². The van der Waals surface area contributed by atoms with Crippen LogP contribution in [0.1, 0.15) is 20.8 Å². The molecule has 0 aliphatic carbocycles. The van der Waals surface area contributed by atoms with Gasteiger partial charge in [0.15, 0.2) is 0 Å². The van der Waals surface area contributed by atoms with E-state index in [1.165, 1.54) is 0 Å². The third kappa shape index (κ3) is 9.34. The monoisotopic (exact) mass is 281 g/mol. The summed E-state index contributed by atoms with van der Waals surface area (Å²) in [5.74, 6) is -0.563. The van der Waals surface area contributed by atoms with E-state index < -0.39 is 15.9 Å². The van der Waals surface area contributed by atoms with Crippen LogP contribution in [0.2, 0.25) is 0 Å². The first-order valence-electron chi connectivity index (χ1n) is 5.85. The van der Waals surface area contributed by atoms with E-state index in [2.05, 4.69) is 10.0 Å². The largest absolute Gasteiger partial charge is 0.378 e. The number of amides is 1. The molecule has 0 aromatic rings. The lowest BCUT2D eigenvalue weighted by atomic mass is 10.3. The first-order chi connectivity index (χ1) is 8.26. The number of ether oxygens (including phenoxy) is 1. The van der Waals surface area contributed by atoms with Crippen LogP contribution in [0.4, 0.5) is 0 Å². The minimum atomic E-state index is -3.48. The van der Waals surface area contributed by atoms with Gasteiger partial charge in [-0.05, 0) is 20.8 Å². The molecule has 1 amide bonds. The Morgan fingerprint density at radius 1 is 1.33 bits per heavy atom. The summed E-state index contributed by atoms with van der Waals surface area (Å²) in [6.45, 7) is 5.51. The Kier molecular flexibility index (Phi) is 8.08. The standard InChI is InChI=1S/C10H23N3O4S/c1-8(2)17-4-5-18(15,16)12-7-10(14)13-9(3)6-11/h8-9,12H,4-7,11H2,1-3H3,(H,13,14)/t9-/m0/s1. The molecule has 0 heterocycles. The van der Waals surface area contributed by atoms with Gasteiger partial charge in [0.05, 0.1) is 25.0 Å². The first kappa shape index (κ1) is 17.3. The molecular formula is C10H23N3O4S. The van der Waals surface area contributed by atoms with Crippen LogP contribution in [0.3, 0.4) is 0 Å². The van der Waals surface area contributed by atoms with E-state index in [1.54, 1.807) is 6.92 Å². The summed E-state index contributed by atoms with van der Waals surface area (Å²) >= 11 is 0. The van der Waals surface area contributed by atoms with E-state index in [4.69, 9.17) is 10.5 Å². The predicted octanol–water partition coefficient (Wildman–Crippen LogP) is -1.21. The molecule has 0 radical (unpaired) electrons. The van der Waals surface area contributed by atoms with E-state index >= 15 is 0 Å². The molecule has 0 aliphatic heterocycles. The lowest BCUT2D eigenvalue weighted by Gasteiger charge is -2.12. The SMILES string of the molecule is CC(C)OCCS(=O)(=O)NCC(=O)N[C@@H](C)CN.